The van der Waals surface area contributed by atoms with Gasteiger partial charge in [-0.2, -0.15) is 4.68 Å². The van der Waals surface area contributed by atoms with E-state index in [1.807, 2.05) is 39.8 Å². The second kappa shape index (κ2) is 7.32. The summed E-state index contributed by atoms with van der Waals surface area (Å²) in [5.41, 5.74) is 4.10. The molecule has 0 atom stereocenters. The summed E-state index contributed by atoms with van der Waals surface area (Å²) in [6, 6.07) is 6.07. The van der Waals surface area contributed by atoms with Crippen molar-refractivity contribution in [2.75, 3.05) is 11.1 Å². The van der Waals surface area contributed by atoms with Gasteiger partial charge in [-0.05, 0) is 49.8 Å². The van der Waals surface area contributed by atoms with E-state index in [-0.39, 0.29) is 11.7 Å². The maximum absolute atomic E-state index is 12.1. The van der Waals surface area contributed by atoms with Crippen LogP contribution in [0.25, 0.3) is 5.69 Å². The van der Waals surface area contributed by atoms with Crippen LogP contribution in [-0.2, 0) is 4.79 Å². The average molecular weight is 374 g/mol. The monoisotopic (exact) mass is 374 g/mol. The maximum atomic E-state index is 12.1. The van der Waals surface area contributed by atoms with Crippen LogP contribution in [0.3, 0.4) is 0 Å². The summed E-state index contributed by atoms with van der Waals surface area (Å²) in [7, 11) is 0. The largest absolute Gasteiger partial charge is 0.301 e. The van der Waals surface area contributed by atoms with E-state index in [2.05, 4.69) is 31.9 Å². The number of carbonyl (C=O) groups is 1. The molecule has 0 aliphatic carbocycles. The molecule has 7 nitrogen and oxygen atoms in total. The molecular formula is C16H18N6OS2. The van der Waals surface area contributed by atoms with Crippen LogP contribution in [-0.4, -0.2) is 36.9 Å². The van der Waals surface area contributed by atoms with Gasteiger partial charge in [0.05, 0.1) is 17.1 Å². The van der Waals surface area contributed by atoms with Gasteiger partial charge >= 0.3 is 0 Å². The molecule has 2 aromatic heterocycles. The molecule has 0 aliphatic rings. The van der Waals surface area contributed by atoms with Crippen molar-refractivity contribution < 1.29 is 4.79 Å². The van der Waals surface area contributed by atoms with Crippen molar-refractivity contribution in [2.45, 2.75) is 32.9 Å². The smallest absolute Gasteiger partial charge is 0.236 e. The summed E-state index contributed by atoms with van der Waals surface area (Å²) in [4.78, 5) is 17.6. The molecule has 0 fully saturated rings. The lowest BCUT2D eigenvalue weighted by Crippen LogP contribution is -2.14. The van der Waals surface area contributed by atoms with Crippen LogP contribution >= 0.6 is 23.1 Å². The number of hydrogen-bond donors (Lipinski definition) is 1. The Kier molecular flexibility index (Phi) is 5.14. The lowest BCUT2D eigenvalue weighted by molar-refractivity contribution is -0.113. The molecular weight excluding hydrogens is 356 g/mol. The summed E-state index contributed by atoms with van der Waals surface area (Å²) in [5.74, 6) is 0.0806. The normalized spacial score (nSPS) is 10.9. The Morgan fingerprint density at radius 1 is 1.28 bits per heavy atom. The zero-order valence-corrected chi connectivity index (χ0v) is 16.0. The first-order valence-corrected chi connectivity index (χ1v) is 9.47. The molecule has 0 saturated carbocycles. The highest BCUT2D eigenvalue weighted by molar-refractivity contribution is 7.99. The number of thiazole rings is 1. The van der Waals surface area contributed by atoms with Crippen LogP contribution < -0.4 is 5.32 Å². The number of hydrogen-bond acceptors (Lipinski definition) is 7. The maximum Gasteiger partial charge on any atom is 0.236 e. The molecule has 130 valence electrons. The van der Waals surface area contributed by atoms with Gasteiger partial charge in [0.25, 0.3) is 0 Å². The molecule has 3 rings (SSSR count). The third-order valence-electron chi connectivity index (χ3n) is 3.63. The molecule has 1 amide bonds. The molecule has 1 N–H and O–H groups in total. The summed E-state index contributed by atoms with van der Waals surface area (Å²) < 4.78 is 1.66. The van der Waals surface area contributed by atoms with Gasteiger partial charge in [0, 0.05) is 4.88 Å². The highest BCUT2D eigenvalue weighted by Gasteiger charge is 2.14. The molecule has 1 aromatic carbocycles. The minimum absolute atomic E-state index is 0.131. The van der Waals surface area contributed by atoms with Crippen LogP contribution in [0.1, 0.15) is 21.7 Å². The number of aromatic nitrogens is 5. The number of amides is 1. The number of anilines is 1. The van der Waals surface area contributed by atoms with Crippen molar-refractivity contribution in [2.24, 2.45) is 0 Å². The number of nitrogens with one attached hydrogen (secondary N) is 1. The Morgan fingerprint density at radius 3 is 2.76 bits per heavy atom. The number of aryl methyl sites for hydroxylation is 4. The summed E-state index contributed by atoms with van der Waals surface area (Å²) in [5, 5.41) is 15.8. The molecule has 2 heterocycles. The van der Waals surface area contributed by atoms with Gasteiger partial charge in [0.1, 0.15) is 0 Å². The van der Waals surface area contributed by atoms with Crippen LogP contribution in [0.5, 0.6) is 0 Å². The van der Waals surface area contributed by atoms with E-state index in [9.17, 15) is 4.79 Å². The van der Waals surface area contributed by atoms with Gasteiger partial charge in [-0.3, -0.25) is 4.79 Å². The number of rotatable bonds is 5. The first-order chi connectivity index (χ1) is 11.9. The van der Waals surface area contributed by atoms with E-state index in [4.69, 9.17) is 0 Å². The fourth-order valence-electron chi connectivity index (χ4n) is 2.27. The molecule has 0 radical (unpaired) electrons. The molecule has 0 spiro atoms. The molecule has 0 unspecified atom stereocenters. The van der Waals surface area contributed by atoms with Gasteiger partial charge < -0.3 is 5.32 Å². The summed E-state index contributed by atoms with van der Waals surface area (Å²) >= 11 is 2.76. The Labute approximate surface area is 153 Å². The zero-order valence-electron chi connectivity index (χ0n) is 14.4. The Morgan fingerprint density at radius 2 is 2.08 bits per heavy atom. The van der Waals surface area contributed by atoms with Crippen LogP contribution in [0.15, 0.2) is 23.4 Å². The second-order valence-electron chi connectivity index (χ2n) is 5.66. The van der Waals surface area contributed by atoms with Crippen molar-refractivity contribution in [3.63, 3.8) is 0 Å². The van der Waals surface area contributed by atoms with Crippen molar-refractivity contribution in [3.8, 4) is 5.69 Å². The van der Waals surface area contributed by atoms with Crippen molar-refractivity contribution in [1.29, 1.82) is 0 Å². The Balaban J connectivity index is 1.68. The lowest BCUT2D eigenvalue weighted by atomic mass is 10.1. The summed E-state index contributed by atoms with van der Waals surface area (Å²) in [6.45, 7) is 7.96. The number of benzene rings is 1. The minimum atomic E-state index is -0.131. The molecule has 25 heavy (non-hydrogen) atoms. The summed E-state index contributed by atoms with van der Waals surface area (Å²) in [6.07, 6.45) is 0. The molecule has 9 heteroatoms. The quantitative estimate of drug-likeness (QED) is 0.691. The number of carbonyl (C=O) groups excluding carboxylic acids is 1. The fraction of sp³-hybridized carbons (Fsp3) is 0.312. The van der Waals surface area contributed by atoms with Gasteiger partial charge in [-0.1, -0.05) is 29.5 Å². The highest BCUT2D eigenvalue weighted by Crippen LogP contribution is 2.23. The topological polar surface area (TPSA) is 85.6 Å². The fourth-order valence-corrected chi connectivity index (χ4v) is 3.79. The van der Waals surface area contributed by atoms with Crippen molar-refractivity contribution in [1.82, 2.24) is 25.2 Å². The van der Waals surface area contributed by atoms with E-state index in [1.54, 1.807) is 4.68 Å². The lowest BCUT2D eigenvalue weighted by Gasteiger charge is -2.08. The number of tetrazole rings is 1. The Hall–Kier alpha value is -2.26. The van der Waals surface area contributed by atoms with Crippen molar-refractivity contribution >= 4 is 34.1 Å². The first-order valence-electron chi connectivity index (χ1n) is 7.66. The first kappa shape index (κ1) is 17.6. The van der Waals surface area contributed by atoms with E-state index < -0.39 is 0 Å². The standard InChI is InChI=1S/C16H18N6OS2/c1-9-5-6-13(10(2)7-9)22-16(19-20-21-22)24-8-14(23)18-15-17-11(3)12(4)25-15/h5-7H,8H2,1-4H3,(H,17,18,23). The van der Waals surface area contributed by atoms with Crippen LogP contribution in [0, 0.1) is 27.7 Å². The Bertz CT molecular complexity index is 898. The van der Waals surface area contributed by atoms with Gasteiger partial charge in [0.2, 0.25) is 11.1 Å². The van der Waals surface area contributed by atoms with Gasteiger partial charge in [-0.25, -0.2) is 4.98 Å². The minimum Gasteiger partial charge on any atom is -0.301 e. The van der Waals surface area contributed by atoms with E-state index in [0.717, 1.165) is 21.8 Å². The number of thioether (sulfide) groups is 1. The predicted molar refractivity (Wildman–Crippen MR) is 99.6 cm³/mol. The molecule has 0 aliphatic heterocycles. The predicted octanol–water partition coefficient (Wildman–Crippen LogP) is 3.08. The van der Waals surface area contributed by atoms with Gasteiger partial charge in [-0.15, -0.1) is 16.4 Å². The van der Waals surface area contributed by atoms with Crippen molar-refractivity contribution in [3.05, 3.63) is 39.9 Å². The number of nitrogens with zero attached hydrogens (tertiary/aromatic N) is 5. The van der Waals surface area contributed by atoms with Gasteiger partial charge in [0.15, 0.2) is 5.13 Å². The zero-order chi connectivity index (χ0) is 18.0. The molecule has 3 aromatic rings. The molecule has 0 bridgehead atoms. The SMILES string of the molecule is Cc1ccc(-n2nnnc2SCC(=O)Nc2nc(C)c(C)s2)c(C)c1. The third kappa shape index (κ3) is 4.05. The average Bonchev–Trinajstić information content (AvgIpc) is 3.12. The van der Waals surface area contributed by atoms with E-state index >= 15 is 0 Å². The second-order valence-corrected chi connectivity index (χ2v) is 7.81. The van der Waals surface area contributed by atoms with E-state index in [0.29, 0.717) is 10.3 Å². The van der Waals surface area contributed by atoms with Crippen LogP contribution in [0.4, 0.5) is 5.13 Å². The van der Waals surface area contributed by atoms with E-state index in [1.165, 1.54) is 28.7 Å². The highest BCUT2D eigenvalue weighted by atomic mass is 32.2. The van der Waals surface area contributed by atoms with Crippen LogP contribution in [0.2, 0.25) is 0 Å². The molecule has 0 saturated heterocycles. The third-order valence-corrected chi connectivity index (χ3v) is 5.54.